The van der Waals surface area contributed by atoms with E-state index in [-0.39, 0.29) is 5.91 Å². The molecule has 0 bridgehead atoms. The highest BCUT2D eigenvalue weighted by atomic mass is 16.2. The van der Waals surface area contributed by atoms with Gasteiger partial charge in [-0.05, 0) is 19.4 Å². The second-order valence-electron chi connectivity index (χ2n) is 4.55. The van der Waals surface area contributed by atoms with E-state index in [2.05, 4.69) is 26.1 Å². The highest BCUT2D eigenvalue weighted by molar-refractivity contribution is 5.75. The molecule has 0 aromatic carbocycles. The van der Waals surface area contributed by atoms with Crippen LogP contribution in [0, 0.1) is 0 Å². The van der Waals surface area contributed by atoms with Crippen molar-refractivity contribution in [2.24, 2.45) is 0 Å². The summed E-state index contributed by atoms with van der Waals surface area (Å²) in [6.45, 7) is 15.2. The Labute approximate surface area is 114 Å². The summed E-state index contributed by atoms with van der Waals surface area (Å²) in [7, 11) is 0. The lowest BCUT2D eigenvalue weighted by Gasteiger charge is -2.22. The molecule has 1 N–H and O–H groups in total. The van der Waals surface area contributed by atoms with Gasteiger partial charge in [-0.1, -0.05) is 48.0 Å². The molecule has 0 saturated carbocycles. The van der Waals surface area contributed by atoms with Crippen molar-refractivity contribution in [3.05, 3.63) is 0 Å². The minimum Gasteiger partial charge on any atom is -0.343 e. The average molecular weight is 258 g/mol. The van der Waals surface area contributed by atoms with Crippen LogP contribution >= 0.6 is 0 Å². The van der Waals surface area contributed by atoms with Crippen molar-refractivity contribution >= 4 is 5.91 Å². The van der Waals surface area contributed by atoms with Gasteiger partial charge in [-0.15, -0.1) is 0 Å². The Balaban J connectivity index is 0. The number of amides is 1. The third-order valence-electron chi connectivity index (χ3n) is 2.59. The highest BCUT2D eigenvalue weighted by Crippen LogP contribution is 2.00. The average Bonchev–Trinajstić information content (AvgIpc) is 2.39. The number of hydrogen-bond acceptors (Lipinski definition) is 2. The summed E-state index contributed by atoms with van der Waals surface area (Å²) in [6.07, 6.45) is 3.94. The molecule has 1 amide bonds. The number of nitrogens with one attached hydrogen (secondary N) is 1. The van der Waals surface area contributed by atoms with E-state index in [1.807, 2.05) is 25.7 Å². The first-order valence-electron chi connectivity index (χ1n) is 7.62. The lowest BCUT2D eigenvalue weighted by Crippen LogP contribution is -2.34. The quantitative estimate of drug-likeness (QED) is 0.643. The van der Waals surface area contributed by atoms with Gasteiger partial charge in [0.25, 0.3) is 0 Å². The number of carbonyl (C=O) groups excluding carboxylic acids is 1. The number of rotatable bonds is 9. The molecular formula is C15H34N2O. The molecule has 18 heavy (non-hydrogen) atoms. The van der Waals surface area contributed by atoms with Crippen molar-refractivity contribution in [1.82, 2.24) is 10.2 Å². The van der Waals surface area contributed by atoms with E-state index < -0.39 is 0 Å². The summed E-state index contributed by atoms with van der Waals surface area (Å²) < 4.78 is 0. The predicted octanol–water partition coefficient (Wildman–Crippen LogP) is 3.44. The Morgan fingerprint density at radius 1 is 1.11 bits per heavy atom. The summed E-state index contributed by atoms with van der Waals surface area (Å²) in [4.78, 5) is 13.7. The Kier molecular flexibility index (Phi) is 15.9. The lowest BCUT2D eigenvalue weighted by molar-refractivity contribution is -0.131. The predicted molar refractivity (Wildman–Crippen MR) is 80.9 cm³/mol. The summed E-state index contributed by atoms with van der Waals surface area (Å²) in [6, 6.07) is 0.533. The molecule has 0 rings (SSSR count). The highest BCUT2D eigenvalue weighted by Gasteiger charge is 2.09. The first kappa shape index (κ1) is 19.8. The molecule has 0 saturated heterocycles. The van der Waals surface area contributed by atoms with Crippen LogP contribution in [0.4, 0.5) is 0 Å². The third-order valence-corrected chi connectivity index (χ3v) is 2.59. The van der Waals surface area contributed by atoms with Crippen LogP contribution in [0.3, 0.4) is 0 Å². The Morgan fingerprint density at radius 2 is 1.67 bits per heavy atom. The number of carbonyl (C=O) groups is 1. The van der Waals surface area contributed by atoms with E-state index in [0.29, 0.717) is 12.5 Å². The summed E-state index contributed by atoms with van der Waals surface area (Å²) >= 11 is 0. The van der Waals surface area contributed by atoms with Gasteiger partial charge in [-0.2, -0.15) is 0 Å². The molecule has 0 aliphatic heterocycles. The van der Waals surface area contributed by atoms with E-state index in [4.69, 9.17) is 0 Å². The van der Waals surface area contributed by atoms with E-state index in [1.54, 1.807) is 0 Å². The van der Waals surface area contributed by atoms with Crippen molar-refractivity contribution in [3.63, 3.8) is 0 Å². The van der Waals surface area contributed by atoms with Crippen molar-refractivity contribution in [3.8, 4) is 0 Å². The molecule has 0 unspecified atom stereocenters. The minimum absolute atomic E-state index is 0.290. The Bertz CT molecular complexity index is 181. The van der Waals surface area contributed by atoms with E-state index in [0.717, 1.165) is 38.9 Å². The van der Waals surface area contributed by atoms with Crippen molar-refractivity contribution in [2.75, 3.05) is 19.6 Å². The molecule has 110 valence electrons. The maximum atomic E-state index is 11.7. The molecule has 0 aliphatic carbocycles. The molecule has 0 spiro atoms. The van der Waals surface area contributed by atoms with Gasteiger partial charge in [-0.3, -0.25) is 4.79 Å². The molecule has 0 atom stereocenters. The first-order chi connectivity index (χ1) is 8.61. The zero-order valence-corrected chi connectivity index (χ0v) is 13.4. The monoisotopic (exact) mass is 258 g/mol. The SMILES string of the molecule is CC.CCCCN(CCCNC(C)C)C(=O)CC. The van der Waals surface area contributed by atoms with Crippen molar-refractivity contribution in [1.29, 1.82) is 0 Å². The minimum atomic E-state index is 0.290. The summed E-state index contributed by atoms with van der Waals surface area (Å²) in [5.74, 6) is 0.290. The van der Waals surface area contributed by atoms with Crippen molar-refractivity contribution in [2.45, 2.75) is 73.3 Å². The van der Waals surface area contributed by atoms with Gasteiger partial charge in [0.2, 0.25) is 5.91 Å². The van der Waals surface area contributed by atoms with Gasteiger partial charge >= 0.3 is 0 Å². The number of unbranched alkanes of at least 4 members (excludes halogenated alkanes) is 1. The maximum absolute atomic E-state index is 11.7. The normalized spacial score (nSPS) is 9.94. The van der Waals surface area contributed by atoms with Crippen LogP contribution in [0.1, 0.15) is 67.2 Å². The molecule has 3 nitrogen and oxygen atoms in total. The standard InChI is InChI=1S/C13H28N2O.C2H6/c1-5-7-10-15(13(16)6-2)11-8-9-14-12(3)4;1-2/h12,14H,5-11H2,1-4H3;1-2H3. The fraction of sp³-hybridized carbons (Fsp3) is 0.933. The van der Waals surface area contributed by atoms with E-state index in [1.165, 1.54) is 0 Å². The Hall–Kier alpha value is -0.570. The van der Waals surface area contributed by atoms with Crippen LogP contribution in [0.5, 0.6) is 0 Å². The largest absolute Gasteiger partial charge is 0.343 e. The lowest BCUT2D eigenvalue weighted by atomic mass is 10.2. The molecule has 0 heterocycles. The molecule has 3 heteroatoms. The van der Waals surface area contributed by atoms with Gasteiger partial charge in [-0.25, -0.2) is 0 Å². The second kappa shape index (κ2) is 14.5. The smallest absolute Gasteiger partial charge is 0.222 e. The maximum Gasteiger partial charge on any atom is 0.222 e. The third kappa shape index (κ3) is 11.9. The van der Waals surface area contributed by atoms with Gasteiger partial charge in [0.1, 0.15) is 0 Å². The molecule has 0 fully saturated rings. The van der Waals surface area contributed by atoms with Crippen LogP contribution in [-0.4, -0.2) is 36.5 Å². The molecule has 0 aliphatic rings. The number of hydrogen-bond donors (Lipinski definition) is 1. The topological polar surface area (TPSA) is 32.3 Å². The summed E-state index contributed by atoms with van der Waals surface area (Å²) in [5.41, 5.74) is 0. The van der Waals surface area contributed by atoms with Crippen molar-refractivity contribution < 1.29 is 4.79 Å². The van der Waals surface area contributed by atoms with Crippen LogP contribution in [0.2, 0.25) is 0 Å². The van der Waals surface area contributed by atoms with Crippen LogP contribution in [0.25, 0.3) is 0 Å². The first-order valence-corrected chi connectivity index (χ1v) is 7.62. The molecule has 0 aromatic heterocycles. The zero-order valence-electron chi connectivity index (χ0n) is 13.4. The summed E-state index contributed by atoms with van der Waals surface area (Å²) in [5, 5.41) is 3.38. The van der Waals surface area contributed by atoms with Crippen LogP contribution in [-0.2, 0) is 4.79 Å². The van der Waals surface area contributed by atoms with Crippen LogP contribution in [0.15, 0.2) is 0 Å². The van der Waals surface area contributed by atoms with Gasteiger partial charge < -0.3 is 10.2 Å². The second-order valence-corrected chi connectivity index (χ2v) is 4.55. The van der Waals surface area contributed by atoms with Gasteiger partial charge in [0, 0.05) is 25.6 Å². The zero-order chi connectivity index (χ0) is 14.4. The molecule has 0 radical (unpaired) electrons. The van der Waals surface area contributed by atoms with Gasteiger partial charge in [0.15, 0.2) is 0 Å². The molecular weight excluding hydrogens is 224 g/mol. The fourth-order valence-electron chi connectivity index (χ4n) is 1.59. The van der Waals surface area contributed by atoms with E-state index in [9.17, 15) is 4.79 Å². The van der Waals surface area contributed by atoms with E-state index >= 15 is 0 Å². The number of nitrogens with zero attached hydrogens (tertiary/aromatic N) is 1. The van der Waals surface area contributed by atoms with Crippen LogP contribution < -0.4 is 5.32 Å². The fourth-order valence-corrected chi connectivity index (χ4v) is 1.59. The van der Waals surface area contributed by atoms with Gasteiger partial charge in [0.05, 0.1) is 0 Å². The Morgan fingerprint density at radius 3 is 2.11 bits per heavy atom. The molecule has 0 aromatic rings.